The van der Waals surface area contributed by atoms with Crippen LogP contribution in [-0.2, 0) is 32.8 Å². The van der Waals surface area contributed by atoms with E-state index in [1.807, 2.05) is 48.5 Å². The number of aromatic nitrogens is 2. The van der Waals surface area contributed by atoms with Crippen molar-refractivity contribution in [1.82, 2.24) is 25.5 Å². The number of imidazole rings is 1. The van der Waals surface area contributed by atoms with Crippen molar-refractivity contribution in [2.75, 3.05) is 26.2 Å². The number of nitrogens with zero attached hydrogens (tertiary/aromatic N) is 2. The highest BCUT2D eigenvalue weighted by atomic mass is 16.5. The number of ether oxygens (including phenoxy) is 1. The number of aromatic amines is 1. The number of benzene rings is 2. The molecule has 1 aliphatic carbocycles. The maximum atomic E-state index is 13.5. The van der Waals surface area contributed by atoms with Gasteiger partial charge in [-0.15, -0.1) is 0 Å². The molecule has 4 N–H and O–H groups in total. The Morgan fingerprint density at radius 3 is 2.41 bits per heavy atom. The van der Waals surface area contributed by atoms with Crippen molar-refractivity contribution >= 4 is 17.9 Å². The summed E-state index contributed by atoms with van der Waals surface area (Å²) in [5.41, 5.74) is 2.52. The minimum Gasteiger partial charge on any atom is -0.445 e. The third kappa shape index (κ3) is 7.67. The molecule has 0 radical (unpaired) electrons. The monoisotopic (exact) mass is 533 g/mol. The van der Waals surface area contributed by atoms with Crippen LogP contribution in [0.25, 0.3) is 0 Å². The smallest absolute Gasteiger partial charge is 0.408 e. The molecule has 0 aliphatic heterocycles. The molecule has 1 fully saturated rings. The zero-order chi connectivity index (χ0) is 27.5. The zero-order valence-corrected chi connectivity index (χ0v) is 21.8. The van der Waals surface area contributed by atoms with E-state index in [-0.39, 0.29) is 44.0 Å². The van der Waals surface area contributed by atoms with Crippen LogP contribution in [0, 0.1) is 0 Å². The first-order chi connectivity index (χ1) is 19.0. The number of H-pyrrole nitrogens is 1. The van der Waals surface area contributed by atoms with E-state index in [9.17, 15) is 19.5 Å². The van der Waals surface area contributed by atoms with E-state index in [0.717, 1.165) is 24.8 Å². The lowest BCUT2D eigenvalue weighted by molar-refractivity contribution is -0.138. The van der Waals surface area contributed by atoms with E-state index >= 15 is 0 Å². The normalized spacial score (nSPS) is 14.5. The summed E-state index contributed by atoms with van der Waals surface area (Å²) in [6, 6.07) is 18.3. The fourth-order valence-corrected chi connectivity index (χ4v) is 4.79. The number of aliphatic hydroxyl groups is 1. The molecule has 0 spiro atoms. The highest BCUT2D eigenvalue weighted by Gasteiger charge is 2.39. The van der Waals surface area contributed by atoms with E-state index in [0.29, 0.717) is 12.2 Å². The summed E-state index contributed by atoms with van der Waals surface area (Å²) < 4.78 is 5.31. The summed E-state index contributed by atoms with van der Waals surface area (Å²) >= 11 is 0. The number of rotatable bonds is 13. The van der Waals surface area contributed by atoms with Crippen LogP contribution in [0.2, 0.25) is 0 Å². The van der Waals surface area contributed by atoms with Gasteiger partial charge in [0.1, 0.15) is 12.6 Å². The molecule has 0 bridgehead atoms. The van der Waals surface area contributed by atoms with Crippen LogP contribution in [0.15, 0.2) is 73.2 Å². The van der Waals surface area contributed by atoms with Gasteiger partial charge in [-0.25, -0.2) is 9.78 Å². The average Bonchev–Trinajstić information content (AvgIpc) is 3.45. The molecule has 3 amide bonds. The van der Waals surface area contributed by atoms with E-state index in [1.165, 1.54) is 16.8 Å². The highest BCUT2D eigenvalue weighted by Crippen LogP contribution is 2.43. The van der Waals surface area contributed by atoms with Crippen LogP contribution in [-0.4, -0.2) is 70.2 Å². The van der Waals surface area contributed by atoms with Crippen LogP contribution in [0.5, 0.6) is 0 Å². The molecule has 1 atom stereocenters. The Bertz CT molecular complexity index is 1200. The number of aliphatic hydroxyl groups excluding tert-OH is 1. The van der Waals surface area contributed by atoms with Gasteiger partial charge in [0.15, 0.2) is 0 Å². The lowest BCUT2D eigenvalue weighted by Crippen LogP contribution is -2.54. The number of hydrogen-bond donors (Lipinski definition) is 4. The summed E-state index contributed by atoms with van der Waals surface area (Å²) in [6.07, 6.45) is 5.45. The number of carbonyl (C=O) groups is 3. The van der Waals surface area contributed by atoms with Crippen molar-refractivity contribution in [1.29, 1.82) is 0 Å². The van der Waals surface area contributed by atoms with Gasteiger partial charge in [0.05, 0.1) is 19.5 Å². The fraction of sp³-hybridized carbons (Fsp3) is 0.379. The van der Waals surface area contributed by atoms with E-state index in [4.69, 9.17) is 4.74 Å². The third-order valence-electron chi connectivity index (χ3n) is 7.12. The Hall–Kier alpha value is -4.18. The number of carbonyl (C=O) groups excluding carboxylic acids is 3. The molecule has 1 aliphatic rings. The fourth-order valence-electron chi connectivity index (χ4n) is 4.79. The van der Waals surface area contributed by atoms with Crippen LogP contribution in [0.4, 0.5) is 4.79 Å². The molecule has 4 rings (SSSR count). The molecule has 1 aromatic heterocycles. The molecule has 10 heteroatoms. The number of alkyl carbamates (subject to hydrolysis) is 1. The molecular formula is C29H35N5O5. The first kappa shape index (κ1) is 27.8. The van der Waals surface area contributed by atoms with Crippen molar-refractivity contribution in [3.63, 3.8) is 0 Å². The van der Waals surface area contributed by atoms with Gasteiger partial charge in [-0.2, -0.15) is 0 Å². The van der Waals surface area contributed by atoms with E-state index < -0.39 is 18.0 Å². The van der Waals surface area contributed by atoms with E-state index in [2.05, 4.69) is 32.7 Å². The summed E-state index contributed by atoms with van der Waals surface area (Å²) in [4.78, 5) is 47.2. The molecule has 206 valence electrons. The van der Waals surface area contributed by atoms with Crippen LogP contribution in [0.3, 0.4) is 0 Å². The predicted octanol–water partition coefficient (Wildman–Crippen LogP) is 2.31. The minimum absolute atomic E-state index is 0.0452. The summed E-state index contributed by atoms with van der Waals surface area (Å²) in [6.45, 7) is -0.120. The van der Waals surface area contributed by atoms with Gasteiger partial charge in [0, 0.05) is 36.8 Å². The Balaban J connectivity index is 1.38. The SMILES string of the molecule is O=C(CN(CCO)C(=O)C(Cc1cnc[nH]1)NC(=O)OCc1ccccc1)NCC1(c2ccccc2)CCC1. The maximum Gasteiger partial charge on any atom is 0.408 e. The number of hydrogen-bond acceptors (Lipinski definition) is 6. The maximum absolute atomic E-state index is 13.5. The number of amides is 3. The average molecular weight is 534 g/mol. The molecule has 0 saturated heterocycles. The van der Waals surface area contributed by atoms with Crippen molar-refractivity contribution in [3.05, 3.63) is 90.0 Å². The van der Waals surface area contributed by atoms with Gasteiger partial charge in [-0.05, 0) is 24.0 Å². The quantitative estimate of drug-likeness (QED) is 0.266. The van der Waals surface area contributed by atoms with E-state index in [1.54, 1.807) is 6.20 Å². The second-order valence-electron chi connectivity index (χ2n) is 9.80. The molecule has 39 heavy (non-hydrogen) atoms. The van der Waals surface area contributed by atoms with Crippen molar-refractivity contribution in [2.45, 2.75) is 43.7 Å². The second-order valence-corrected chi connectivity index (χ2v) is 9.80. The molecule has 2 aromatic carbocycles. The molecule has 3 aromatic rings. The number of nitrogens with one attached hydrogen (secondary N) is 3. The minimum atomic E-state index is -1.03. The van der Waals surface area contributed by atoms with Crippen LogP contribution < -0.4 is 10.6 Å². The van der Waals surface area contributed by atoms with Crippen LogP contribution >= 0.6 is 0 Å². The zero-order valence-electron chi connectivity index (χ0n) is 21.8. The summed E-state index contributed by atoms with van der Waals surface area (Å²) in [7, 11) is 0. The Labute approximate surface area is 227 Å². The molecular weight excluding hydrogens is 498 g/mol. The standard InChI is InChI=1S/C29H35N5O5/c35-15-14-34(18-26(36)31-20-29(12-7-13-29)23-10-5-2-6-11-23)27(37)25(16-24-17-30-21-32-24)33-28(38)39-19-22-8-3-1-4-9-22/h1-6,8-11,17,21,25,35H,7,12-16,18-20H2,(H,30,32)(H,31,36)(H,33,38). The topological polar surface area (TPSA) is 137 Å². The van der Waals surface area contributed by atoms with Crippen molar-refractivity contribution in [3.8, 4) is 0 Å². The van der Waals surface area contributed by atoms with Gasteiger partial charge in [0.25, 0.3) is 0 Å². The Morgan fingerprint density at radius 1 is 1.08 bits per heavy atom. The molecule has 1 heterocycles. The molecule has 1 unspecified atom stereocenters. The highest BCUT2D eigenvalue weighted by molar-refractivity contribution is 5.89. The van der Waals surface area contributed by atoms with Crippen LogP contribution in [0.1, 0.15) is 36.1 Å². The lowest BCUT2D eigenvalue weighted by Gasteiger charge is -2.42. The van der Waals surface area contributed by atoms with Gasteiger partial charge in [-0.1, -0.05) is 67.1 Å². The molecule has 1 saturated carbocycles. The summed E-state index contributed by atoms with van der Waals surface area (Å²) in [5.74, 6) is -0.835. The first-order valence-corrected chi connectivity index (χ1v) is 13.2. The Morgan fingerprint density at radius 2 is 1.79 bits per heavy atom. The van der Waals surface area contributed by atoms with Crippen molar-refractivity contribution < 1.29 is 24.2 Å². The predicted molar refractivity (Wildman–Crippen MR) is 144 cm³/mol. The third-order valence-corrected chi connectivity index (χ3v) is 7.12. The molecule has 10 nitrogen and oxygen atoms in total. The van der Waals surface area contributed by atoms with Gasteiger partial charge in [0.2, 0.25) is 11.8 Å². The summed E-state index contributed by atoms with van der Waals surface area (Å²) in [5, 5.41) is 15.2. The lowest BCUT2D eigenvalue weighted by atomic mass is 9.64. The van der Waals surface area contributed by atoms with Gasteiger partial charge >= 0.3 is 6.09 Å². The van der Waals surface area contributed by atoms with Gasteiger partial charge in [-0.3, -0.25) is 9.59 Å². The Kier molecular flexibility index (Phi) is 9.69. The first-order valence-electron chi connectivity index (χ1n) is 13.2. The van der Waals surface area contributed by atoms with Gasteiger partial charge < -0.3 is 30.4 Å². The van der Waals surface area contributed by atoms with Crippen molar-refractivity contribution in [2.24, 2.45) is 0 Å². The largest absolute Gasteiger partial charge is 0.445 e. The second kappa shape index (κ2) is 13.6.